The van der Waals surface area contributed by atoms with E-state index in [4.69, 9.17) is 11.6 Å². The molecule has 2 nitrogen and oxygen atoms in total. The summed E-state index contributed by atoms with van der Waals surface area (Å²) in [6, 6.07) is 3.93. The van der Waals surface area contributed by atoms with Gasteiger partial charge in [0.05, 0.1) is 16.9 Å². The van der Waals surface area contributed by atoms with Crippen molar-refractivity contribution in [2.75, 3.05) is 0 Å². The Hall–Kier alpha value is -0.290. The first kappa shape index (κ1) is 7.36. The summed E-state index contributed by atoms with van der Waals surface area (Å²) >= 11 is 8.16. The number of imidazole rings is 1. The number of H-pyrrole nitrogens is 1. The predicted molar refractivity (Wildman–Crippen MR) is 53.8 cm³/mol. The SMILES string of the molecule is Clc1c(I)ccc2[nH]cnc12. The highest BCUT2D eigenvalue weighted by Gasteiger charge is 2.03. The molecule has 0 fully saturated rings. The van der Waals surface area contributed by atoms with Crippen LogP contribution in [0.3, 0.4) is 0 Å². The van der Waals surface area contributed by atoms with Gasteiger partial charge in [0.2, 0.25) is 0 Å². The second-order valence-electron chi connectivity index (χ2n) is 2.16. The van der Waals surface area contributed by atoms with Crippen LogP contribution >= 0.6 is 34.2 Å². The Kier molecular flexibility index (Phi) is 1.77. The minimum atomic E-state index is 0.726. The standard InChI is InChI=1S/C7H4ClIN2/c8-6-4(9)1-2-5-7(6)11-3-10-5/h1-3H,(H,10,11). The maximum Gasteiger partial charge on any atom is 0.108 e. The number of aromatic amines is 1. The van der Waals surface area contributed by atoms with Gasteiger partial charge in [-0.1, -0.05) is 11.6 Å². The summed E-state index contributed by atoms with van der Waals surface area (Å²) in [6.45, 7) is 0. The minimum Gasteiger partial charge on any atom is -0.345 e. The third-order valence-electron chi connectivity index (χ3n) is 1.48. The van der Waals surface area contributed by atoms with Crippen molar-refractivity contribution in [3.63, 3.8) is 0 Å². The van der Waals surface area contributed by atoms with E-state index in [0.29, 0.717) is 0 Å². The maximum absolute atomic E-state index is 5.98. The van der Waals surface area contributed by atoms with Crippen LogP contribution in [-0.4, -0.2) is 9.97 Å². The molecule has 1 aromatic heterocycles. The van der Waals surface area contributed by atoms with E-state index in [9.17, 15) is 0 Å². The van der Waals surface area contributed by atoms with Crippen molar-refractivity contribution in [1.82, 2.24) is 9.97 Å². The zero-order valence-corrected chi connectivity index (χ0v) is 8.35. The third-order valence-corrected chi connectivity index (χ3v) is 3.08. The van der Waals surface area contributed by atoms with Crippen LogP contribution in [0, 0.1) is 3.57 Å². The molecule has 11 heavy (non-hydrogen) atoms. The number of hydrogen-bond acceptors (Lipinski definition) is 1. The van der Waals surface area contributed by atoms with Gasteiger partial charge in [-0.15, -0.1) is 0 Å². The van der Waals surface area contributed by atoms with Gasteiger partial charge in [-0.2, -0.15) is 0 Å². The van der Waals surface area contributed by atoms with Crippen molar-refractivity contribution in [2.24, 2.45) is 0 Å². The molecule has 0 unspecified atom stereocenters. The van der Waals surface area contributed by atoms with E-state index < -0.39 is 0 Å². The third kappa shape index (κ3) is 1.12. The fourth-order valence-electron chi connectivity index (χ4n) is 0.949. The zero-order valence-electron chi connectivity index (χ0n) is 5.44. The second-order valence-corrected chi connectivity index (χ2v) is 3.70. The molecule has 0 saturated carbocycles. The van der Waals surface area contributed by atoms with Crippen LogP contribution in [0.15, 0.2) is 18.5 Å². The quantitative estimate of drug-likeness (QED) is 0.738. The van der Waals surface area contributed by atoms with E-state index in [0.717, 1.165) is 19.6 Å². The number of fused-ring (bicyclic) bond motifs is 1. The summed E-state index contributed by atoms with van der Waals surface area (Å²) in [5.41, 5.74) is 1.83. The normalized spacial score (nSPS) is 10.7. The molecule has 0 amide bonds. The summed E-state index contributed by atoms with van der Waals surface area (Å²) in [5.74, 6) is 0. The average molecular weight is 278 g/mol. The molecule has 0 bridgehead atoms. The lowest BCUT2D eigenvalue weighted by molar-refractivity contribution is 1.34. The molecule has 1 aromatic carbocycles. The largest absolute Gasteiger partial charge is 0.345 e. The first-order valence-corrected chi connectivity index (χ1v) is 4.52. The molecule has 0 atom stereocenters. The Morgan fingerprint density at radius 1 is 1.45 bits per heavy atom. The van der Waals surface area contributed by atoms with Crippen molar-refractivity contribution in [1.29, 1.82) is 0 Å². The van der Waals surface area contributed by atoms with E-state index in [-0.39, 0.29) is 0 Å². The van der Waals surface area contributed by atoms with Crippen LogP contribution in [0.5, 0.6) is 0 Å². The van der Waals surface area contributed by atoms with Crippen LogP contribution in [0.4, 0.5) is 0 Å². The maximum atomic E-state index is 5.98. The van der Waals surface area contributed by atoms with Gasteiger partial charge in [0, 0.05) is 3.57 Å². The van der Waals surface area contributed by atoms with E-state index >= 15 is 0 Å². The van der Waals surface area contributed by atoms with Crippen LogP contribution in [0.25, 0.3) is 11.0 Å². The molecule has 56 valence electrons. The summed E-state index contributed by atoms with van der Waals surface area (Å²) in [6.07, 6.45) is 1.65. The van der Waals surface area contributed by atoms with Crippen LogP contribution < -0.4 is 0 Å². The lowest BCUT2D eigenvalue weighted by atomic mass is 10.3. The molecule has 2 rings (SSSR count). The average Bonchev–Trinajstić information content (AvgIpc) is 2.45. The zero-order chi connectivity index (χ0) is 7.84. The highest BCUT2D eigenvalue weighted by Crippen LogP contribution is 2.25. The first-order valence-electron chi connectivity index (χ1n) is 3.06. The fourth-order valence-corrected chi connectivity index (χ4v) is 1.60. The second kappa shape index (κ2) is 2.64. The minimum absolute atomic E-state index is 0.726. The molecule has 0 aliphatic rings. The Balaban J connectivity index is 2.93. The summed E-state index contributed by atoms with van der Waals surface area (Å²) < 4.78 is 1.03. The number of hydrogen-bond donors (Lipinski definition) is 1. The Morgan fingerprint density at radius 2 is 2.27 bits per heavy atom. The van der Waals surface area contributed by atoms with Crippen LogP contribution in [0.1, 0.15) is 0 Å². The van der Waals surface area contributed by atoms with Crippen molar-refractivity contribution in [2.45, 2.75) is 0 Å². The van der Waals surface area contributed by atoms with E-state index in [2.05, 4.69) is 32.6 Å². The molecular weight excluding hydrogens is 274 g/mol. The van der Waals surface area contributed by atoms with Crippen molar-refractivity contribution < 1.29 is 0 Å². The van der Waals surface area contributed by atoms with Crippen LogP contribution in [0.2, 0.25) is 5.02 Å². The summed E-state index contributed by atoms with van der Waals surface area (Å²) in [4.78, 5) is 7.08. The van der Waals surface area contributed by atoms with Gasteiger partial charge in [-0.25, -0.2) is 4.98 Å². The topological polar surface area (TPSA) is 28.7 Å². The lowest BCUT2D eigenvalue weighted by Gasteiger charge is -1.94. The highest BCUT2D eigenvalue weighted by molar-refractivity contribution is 14.1. The van der Waals surface area contributed by atoms with Gasteiger partial charge in [0.25, 0.3) is 0 Å². The Labute approximate surface area is 82.1 Å². The fraction of sp³-hybridized carbons (Fsp3) is 0. The number of aromatic nitrogens is 2. The molecule has 1 N–H and O–H groups in total. The van der Waals surface area contributed by atoms with E-state index in [1.165, 1.54) is 0 Å². The van der Waals surface area contributed by atoms with Crippen LogP contribution in [-0.2, 0) is 0 Å². The highest BCUT2D eigenvalue weighted by atomic mass is 127. The first-order chi connectivity index (χ1) is 5.29. The molecule has 0 aliphatic heterocycles. The van der Waals surface area contributed by atoms with E-state index in [1.807, 2.05) is 12.1 Å². The molecule has 0 spiro atoms. The molecule has 4 heteroatoms. The smallest absolute Gasteiger partial charge is 0.108 e. The number of nitrogens with zero attached hydrogens (tertiary/aromatic N) is 1. The van der Waals surface area contributed by atoms with Gasteiger partial charge in [-0.05, 0) is 34.7 Å². The summed E-state index contributed by atoms with van der Waals surface area (Å²) in [7, 11) is 0. The molecule has 0 saturated heterocycles. The van der Waals surface area contributed by atoms with Gasteiger partial charge in [-0.3, -0.25) is 0 Å². The predicted octanol–water partition coefficient (Wildman–Crippen LogP) is 2.82. The molecule has 1 heterocycles. The number of halogens is 2. The van der Waals surface area contributed by atoms with Crippen molar-refractivity contribution in [3.8, 4) is 0 Å². The van der Waals surface area contributed by atoms with Crippen molar-refractivity contribution in [3.05, 3.63) is 27.1 Å². The molecule has 2 aromatic rings. The molecular formula is C7H4ClIN2. The number of nitrogens with one attached hydrogen (secondary N) is 1. The van der Waals surface area contributed by atoms with Crippen molar-refractivity contribution >= 4 is 45.2 Å². The van der Waals surface area contributed by atoms with Gasteiger partial charge in [0.1, 0.15) is 5.52 Å². The van der Waals surface area contributed by atoms with Gasteiger partial charge < -0.3 is 4.98 Å². The van der Waals surface area contributed by atoms with Gasteiger partial charge >= 0.3 is 0 Å². The monoisotopic (exact) mass is 278 g/mol. The Morgan fingerprint density at radius 3 is 3.09 bits per heavy atom. The molecule has 0 radical (unpaired) electrons. The Bertz CT molecular complexity index is 396. The number of rotatable bonds is 0. The van der Waals surface area contributed by atoms with Gasteiger partial charge in [0.15, 0.2) is 0 Å². The molecule has 0 aliphatic carbocycles. The lowest BCUT2D eigenvalue weighted by Crippen LogP contribution is -1.76. The number of benzene rings is 1. The van der Waals surface area contributed by atoms with E-state index in [1.54, 1.807) is 6.33 Å². The summed E-state index contributed by atoms with van der Waals surface area (Å²) in [5, 5.41) is 0.726.